The van der Waals surface area contributed by atoms with Crippen LogP contribution in [-0.2, 0) is 11.3 Å². The summed E-state index contributed by atoms with van der Waals surface area (Å²) in [6, 6.07) is 10.1. The number of ether oxygens (including phenoxy) is 1. The Balaban J connectivity index is 2.53. The molecule has 0 radical (unpaired) electrons. The highest BCUT2D eigenvalue weighted by Gasteiger charge is 1.95. The van der Waals surface area contributed by atoms with Crippen LogP contribution in [0.1, 0.15) is 18.9 Å². The molecule has 0 spiro atoms. The molecule has 2 nitrogen and oxygen atoms in total. The van der Waals surface area contributed by atoms with E-state index in [2.05, 4.69) is 12.7 Å². The highest BCUT2D eigenvalue weighted by atomic mass is 16.5. The molecule has 0 heterocycles. The Morgan fingerprint density at radius 1 is 1.33 bits per heavy atom. The molecule has 1 aromatic carbocycles. The average Bonchev–Trinajstić information content (AvgIpc) is 2.42. The zero-order valence-corrected chi connectivity index (χ0v) is 10.9. The minimum absolute atomic E-state index is 0.514. The average molecular weight is 243 g/mol. The van der Waals surface area contributed by atoms with Crippen molar-refractivity contribution < 1.29 is 4.74 Å². The van der Waals surface area contributed by atoms with Gasteiger partial charge in [-0.2, -0.15) is 0 Å². The zero-order valence-electron chi connectivity index (χ0n) is 10.9. The fourth-order valence-corrected chi connectivity index (χ4v) is 1.51. The van der Waals surface area contributed by atoms with E-state index in [4.69, 9.17) is 10.5 Å². The molecule has 2 N–H and O–H groups in total. The molecule has 0 aliphatic heterocycles. The van der Waals surface area contributed by atoms with Crippen LogP contribution in [0.5, 0.6) is 0 Å². The highest BCUT2D eigenvalue weighted by molar-refractivity contribution is 5.22. The second kappa shape index (κ2) is 8.31. The third kappa shape index (κ3) is 5.51. The first-order valence-corrected chi connectivity index (χ1v) is 6.11. The standard InChI is InChI=1S/C16H21NO/c1-3-4-8-16(12-17)11-14(2)18-13-15-9-6-5-7-10-15/h3,5-11H,1,4,12-13,17H2,2H3/b14-11+,16-8+. The summed E-state index contributed by atoms with van der Waals surface area (Å²) in [5, 5.41) is 0. The summed E-state index contributed by atoms with van der Waals surface area (Å²) in [6.07, 6.45) is 6.72. The third-order valence-electron chi connectivity index (χ3n) is 2.48. The van der Waals surface area contributed by atoms with Crippen molar-refractivity contribution in [2.75, 3.05) is 6.54 Å². The van der Waals surface area contributed by atoms with E-state index in [-0.39, 0.29) is 0 Å². The third-order valence-corrected chi connectivity index (χ3v) is 2.48. The molecule has 0 aromatic heterocycles. The van der Waals surface area contributed by atoms with E-state index in [9.17, 15) is 0 Å². The fraction of sp³-hybridized carbons (Fsp3) is 0.250. The molecule has 1 rings (SSSR count). The second-order valence-electron chi connectivity index (χ2n) is 4.04. The van der Waals surface area contributed by atoms with Crippen molar-refractivity contribution in [1.82, 2.24) is 0 Å². The molecular weight excluding hydrogens is 222 g/mol. The van der Waals surface area contributed by atoms with E-state index in [1.165, 1.54) is 0 Å². The van der Waals surface area contributed by atoms with Gasteiger partial charge in [-0.1, -0.05) is 42.5 Å². The summed E-state index contributed by atoms with van der Waals surface area (Å²) in [5.74, 6) is 0.875. The maximum absolute atomic E-state index is 5.68. The van der Waals surface area contributed by atoms with Crippen molar-refractivity contribution in [2.45, 2.75) is 20.0 Å². The lowest BCUT2D eigenvalue weighted by Gasteiger charge is -2.07. The van der Waals surface area contributed by atoms with Crippen molar-refractivity contribution in [3.8, 4) is 0 Å². The molecule has 96 valence electrons. The van der Waals surface area contributed by atoms with Crippen LogP contribution in [0.15, 0.2) is 66.5 Å². The molecule has 1 aromatic rings. The molecule has 18 heavy (non-hydrogen) atoms. The van der Waals surface area contributed by atoms with E-state index < -0.39 is 0 Å². The van der Waals surface area contributed by atoms with Crippen molar-refractivity contribution in [2.24, 2.45) is 5.73 Å². The first kappa shape index (κ1) is 14.3. The van der Waals surface area contributed by atoms with Crippen LogP contribution >= 0.6 is 0 Å². The number of allylic oxidation sites excluding steroid dienone is 3. The van der Waals surface area contributed by atoms with Gasteiger partial charge in [-0.15, -0.1) is 6.58 Å². The Morgan fingerprint density at radius 3 is 2.67 bits per heavy atom. The summed E-state index contributed by atoms with van der Waals surface area (Å²) in [7, 11) is 0. The first-order valence-electron chi connectivity index (χ1n) is 6.11. The molecule has 0 aliphatic carbocycles. The van der Waals surface area contributed by atoms with Crippen LogP contribution in [0.25, 0.3) is 0 Å². The van der Waals surface area contributed by atoms with E-state index in [1.54, 1.807) is 0 Å². The molecule has 0 aliphatic rings. The van der Waals surface area contributed by atoms with E-state index >= 15 is 0 Å². The number of benzene rings is 1. The zero-order chi connectivity index (χ0) is 13.2. The van der Waals surface area contributed by atoms with Crippen LogP contribution in [0.3, 0.4) is 0 Å². The SMILES string of the molecule is C=CC/C=C(\C=C(/C)OCc1ccccc1)CN. The monoisotopic (exact) mass is 243 g/mol. The second-order valence-corrected chi connectivity index (χ2v) is 4.04. The summed E-state index contributed by atoms with van der Waals surface area (Å²) in [5.41, 5.74) is 7.90. The Bertz CT molecular complexity index is 418. The molecule has 0 bridgehead atoms. The fourth-order valence-electron chi connectivity index (χ4n) is 1.51. The molecule has 0 atom stereocenters. The Hall–Kier alpha value is -1.80. The number of rotatable bonds is 7. The van der Waals surface area contributed by atoms with Gasteiger partial charge in [0, 0.05) is 6.54 Å². The molecule has 2 heteroatoms. The maximum Gasteiger partial charge on any atom is 0.113 e. The van der Waals surface area contributed by atoms with Crippen molar-refractivity contribution in [3.05, 3.63) is 72.0 Å². The largest absolute Gasteiger partial charge is 0.494 e. The number of hydrogen-bond donors (Lipinski definition) is 1. The van der Waals surface area contributed by atoms with Crippen LogP contribution < -0.4 is 5.73 Å². The van der Waals surface area contributed by atoms with Gasteiger partial charge in [0.05, 0.1) is 5.76 Å². The Labute approximate surface area is 109 Å². The van der Waals surface area contributed by atoms with Gasteiger partial charge in [0.1, 0.15) is 6.61 Å². The van der Waals surface area contributed by atoms with Crippen molar-refractivity contribution in [1.29, 1.82) is 0 Å². The molecule has 0 saturated carbocycles. The van der Waals surface area contributed by atoms with Crippen LogP contribution in [0.2, 0.25) is 0 Å². The quantitative estimate of drug-likeness (QED) is 0.451. The molecule has 0 fully saturated rings. The van der Waals surface area contributed by atoms with Gasteiger partial charge in [0.25, 0.3) is 0 Å². The van der Waals surface area contributed by atoms with Crippen LogP contribution in [-0.4, -0.2) is 6.54 Å². The minimum Gasteiger partial charge on any atom is -0.494 e. The summed E-state index contributed by atoms with van der Waals surface area (Å²) in [4.78, 5) is 0. The summed E-state index contributed by atoms with van der Waals surface area (Å²) < 4.78 is 5.68. The lowest BCUT2D eigenvalue weighted by Crippen LogP contribution is -2.02. The summed E-state index contributed by atoms with van der Waals surface area (Å²) >= 11 is 0. The van der Waals surface area contributed by atoms with Gasteiger partial charge in [0.2, 0.25) is 0 Å². The first-order chi connectivity index (χ1) is 8.76. The predicted molar refractivity (Wildman–Crippen MR) is 76.9 cm³/mol. The molecule has 0 amide bonds. The van der Waals surface area contributed by atoms with Crippen LogP contribution in [0.4, 0.5) is 0 Å². The van der Waals surface area contributed by atoms with Gasteiger partial charge >= 0.3 is 0 Å². The Morgan fingerprint density at radius 2 is 2.06 bits per heavy atom. The van der Waals surface area contributed by atoms with Crippen molar-refractivity contribution >= 4 is 0 Å². The predicted octanol–water partition coefficient (Wildman–Crippen LogP) is 3.57. The van der Waals surface area contributed by atoms with E-state index in [1.807, 2.05) is 49.4 Å². The van der Waals surface area contributed by atoms with Gasteiger partial charge < -0.3 is 10.5 Å². The lowest BCUT2D eigenvalue weighted by molar-refractivity contribution is 0.200. The Kier molecular flexibility index (Phi) is 6.59. The normalized spacial score (nSPS) is 12.3. The number of nitrogens with two attached hydrogens (primary N) is 1. The molecule has 0 unspecified atom stereocenters. The van der Waals surface area contributed by atoms with Crippen LogP contribution in [0, 0.1) is 0 Å². The lowest BCUT2D eigenvalue weighted by atomic mass is 10.2. The molecule has 0 saturated heterocycles. The number of hydrogen-bond acceptors (Lipinski definition) is 2. The summed E-state index contributed by atoms with van der Waals surface area (Å²) in [6.45, 7) is 6.73. The van der Waals surface area contributed by atoms with E-state index in [0.717, 1.165) is 23.3 Å². The van der Waals surface area contributed by atoms with Crippen molar-refractivity contribution in [3.63, 3.8) is 0 Å². The topological polar surface area (TPSA) is 35.2 Å². The van der Waals surface area contributed by atoms with Gasteiger partial charge in [0.15, 0.2) is 0 Å². The van der Waals surface area contributed by atoms with Gasteiger partial charge in [-0.25, -0.2) is 0 Å². The highest BCUT2D eigenvalue weighted by Crippen LogP contribution is 2.08. The maximum atomic E-state index is 5.68. The molecular formula is C16H21NO. The van der Waals surface area contributed by atoms with E-state index in [0.29, 0.717) is 13.2 Å². The van der Waals surface area contributed by atoms with Gasteiger partial charge in [-0.05, 0) is 30.6 Å². The van der Waals surface area contributed by atoms with Gasteiger partial charge in [-0.3, -0.25) is 0 Å². The smallest absolute Gasteiger partial charge is 0.113 e. The minimum atomic E-state index is 0.514.